The third kappa shape index (κ3) is 3.54. The number of amides is 2. The van der Waals surface area contributed by atoms with Gasteiger partial charge in [-0.3, -0.25) is 9.59 Å². The molecule has 2 saturated heterocycles. The highest BCUT2D eigenvalue weighted by Crippen LogP contribution is 2.30. The molecule has 0 unspecified atom stereocenters. The van der Waals surface area contributed by atoms with Crippen LogP contribution in [-0.2, 0) is 15.0 Å². The number of likely N-dealkylation sites (N-methyl/N-ethyl adjacent to an activating group) is 1. The average molecular weight is 347 g/mol. The summed E-state index contributed by atoms with van der Waals surface area (Å²) in [6.45, 7) is 7.98. The van der Waals surface area contributed by atoms with Crippen LogP contribution < -0.4 is 0 Å². The summed E-state index contributed by atoms with van der Waals surface area (Å²) in [6, 6.07) is 6.06. The van der Waals surface area contributed by atoms with Gasteiger partial charge in [-0.2, -0.15) is 0 Å². The highest BCUT2D eigenvalue weighted by Gasteiger charge is 2.43. The molecule has 5 nitrogen and oxygen atoms in total. The number of carbonyl (C=O) groups excluding carboxylic acids is 2. The van der Waals surface area contributed by atoms with Gasteiger partial charge in [0.1, 0.15) is 5.82 Å². The zero-order chi connectivity index (χ0) is 18.2. The third-order valence-corrected chi connectivity index (χ3v) is 5.43. The SMILES string of the molecule is CN1CCN(C(=O)C2CN(C(=O)C(C)(C)c3ccc(F)cc3)C2)CC1. The van der Waals surface area contributed by atoms with Gasteiger partial charge in [0.05, 0.1) is 11.3 Å². The zero-order valence-electron chi connectivity index (χ0n) is 15.2. The smallest absolute Gasteiger partial charge is 0.232 e. The van der Waals surface area contributed by atoms with Crippen LogP contribution in [0, 0.1) is 11.7 Å². The largest absolute Gasteiger partial charge is 0.340 e. The predicted molar refractivity (Wildman–Crippen MR) is 93.6 cm³/mol. The van der Waals surface area contributed by atoms with E-state index in [9.17, 15) is 14.0 Å². The molecule has 0 bridgehead atoms. The molecule has 25 heavy (non-hydrogen) atoms. The molecule has 0 spiro atoms. The van der Waals surface area contributed by atoms with Crippen molar-refractivity contribution in [3.8, 4) is 0 Å². The fraction of sp³-hybridized carbons (Fsp3) is 0.579. The van der Waals surface area contributed by atoms with Crippen LogP contribution >= 0.6 is 0 Å². The minimum Gasteiger partial charge on any atom is -0.340 e. The summed E-state index contributed by atoms with van der Waals surface area (Å²) in [5.41, 5.74) is 0.0583. The minimum atomic E-state index is -0.727. The summed E-state index contributed by atoms with van der Waals surface area (Å²) in [7, 11) is 2.06. The summed E-state index contributed by atoms with van der Waals surface area (Å²) in [4.78, 5) is 31.2. The first-order valence-electron chi connectivity index (χ1n) is 8.82. The van der Waals surface area contributed by atoms with E-state index < -0.39 is 5.41 Å². The highest BCUT2D eigenvalue weighted by molar-refractivity contribution is 5.90. The van der Waals surface area contributed by atoms with Crippen molar-refractivity contribution in [3.05, 3.63) is 35.6 Å². The van der Waals surface area contributed by atoms with Gasteiger partial charge in [-0.15, -0.1) is 0 Å². The second-order valence-corrected chi connectivity index (χ2v) is 7.67. The molecule has 0 radical (unpaired) electrons. The van der Waals surface area contributed by atoms with E-state index in [0.29, 0.717) is 13.1 Å². The van der Waals surface area contributed by atoms with E-state index in [1.165, 1.54) is 12.1 Å². The maximum absolute atomic E-state index is 13.1. The van der Waals surface area contributed by atoms with Gasteiger partial charge >= 0.3 is 0 Å². The number of halogens is 1. The Bertz CT molecular complexity index is 645. The van der Waals surface area contributed by atoms with Crippen LogP contribution in [0.15, 0.2) is 24.3 Å². The summed E-state index contributed by atoms with van der Waals surface area (Å²) in [5, 5.41) is 0. The van der Waals surface area contributed by atoms with Gasteiger partial charge in [-0.1, -0.05) is 12.1 Å². The number of benzene rings is 1. The van der Waals surface area contributed by atoms with E-state index in [1.54, 1.807) is 17.0 Å². The first-order valence-corrected chi connectivity index (χ1v) is 8.82. The Morgan fingerprint density at radius 3 is 2.12 bits per heavy atom. The molecule has 6 heteroatoms. The quantitative estimate of drug-likeness (QED) is 0.829. The van der Waals surface area contributed by atoms with Crippen LogP contribution in [-0.4, -0.2) is 72.8 Å². The first-order chi connectivity index (χ1) is 11.8. The fourth-order valence-corrected chi connectivity index (χ4v) is 3.47. The number of rotatable bonds is 3. The van der Waals surface area contributed by atoms with Crippen molar-refractivity contribution < 1.29 is 14.0 Å². The Kier molecular flexibility index (Phi) is 4.82. The molecule has 2 amide bonds. The van der Waals surface area contributed by atoms with Crippen LogP contribution in [0.1, 0.15) is 19.4 Å². The standard InChI is InChI=1S/C19H26FN3O2/c1-19(2,15-4-6-16(20)7-5-15)18(25)23-12-14(13-23)17(24)22-10-8-21(3)9-11-22/h4-7,14H,8-13H2,1-3H3. The van der Waals surface area contributed by atoms with Crippen LogP contribution in [0.5, 0.6) is 0 Å². The van der Waals surface area contributed by atoms with Crippen molar-refractivity contribution in [1.82, 2.24) is 14.7 Å². The molecule has 0 saturated carbocycles. The molecule has 0 atom stereocenters. The molecule has 0 aliphatic carbocycles. The lowest BCUT2D eigenvalue weighted by Crippen LogP contribution is -2.61. The number of likely N-dealkylation sites (tertiary alicyclic amines) is 1. The monoisotopic (exact) mass is 347 g/mol. The van der Waals surface area contributed by atoms with E-state index in [1.807, 2.05) is 18.7 Å². The van der Waals surface area contributed by atoms with Crippen molar-refractivity contribution in [2.75, 3.05) is 46.3 Å². The predicted octanol–water partition coefficient (Wildman–Crippen LogP) is 1.34. The normalized spacial score (nSPS) is 19.7. The topological polar surface area (TPSA) is 43.9 Å². The van der Waals surface area contributed by atoms with Gasteiger partial charge in [0.25, 0.3) is 0 Å². The van der Waals surface area contributed by atoms with Crippen molar-refractivity contribution >= 4 is 11.8 Å². The van der Waals surface area contributed by atoms with Crippen molar-refractivity contribution in [1.29, 1.82) is 0 Å². The Morgan fingerprint density at radius 1 is 1.00 bits per heavy atom. The first kappa shape index (κ1) is 17.9. The molecule has 2 fully saturated rings. The Morgan fingerprint density at radius 2 is 1.56 bits per heavy atom. The lowest BCUT2D eigenvalue weighted by molar-refractivity contribution is -0.152. The molecular formula is C19H26FN3O2. The summed E-state index contributed by atoms with van der Waals surface area (Å²) in [5.74, 6) is -0.247. The maximum atomic E-state index is 13.1. The Labute approximate surface area is 148 Å². The highest BCUT2D eigenvalue weighted by atomic mass is 19.1. The second kappa shape index (κ2) is 6.75. The summed E-state index contributed by atoms with van der Waals surface area (Å²) < 4.78 is 13.1. The molecule has 0 aromatic heterocycles. The van der Waals surface area contributed by atoms with Crippen LogP contribution in [0.4, 0.5) is 4.39 Å². The molecule has 3 rings (SSSR count). The lowest BCUT2D eigenvalue weighted by atomic mass is 9.81. The van der Waals surface area contributed by atoms with Crippen molar-refractivity contribution in [3.63, 3.8) is 0 Å². The van der Waals surface area contributed by atoms with E-state index >= 15 is 0 Å². The van der Waals surface area contributed by atoms with E-state index in [0.717, 1.165) is 31.7 Å². The summed E-state index contributed by atoms with van der Waals surface area (Å²) in [6.07, 6.45) is 0. The number of piperazine rings is 1. The van der Waals surface area contributed by atoms with Gasteiger partial charge in [0, 0.05) is 39.3 Å². The molecule has 0 N–H and O–H groups in total. The number of nitrogens with zero attached hydrogens (tertiary/aromatic N) is 3. The van der Waals surface area contributed by atoms with Gasteiger partial charge in [0.2, 0.25) is 11.8 Å². The van der Waals surface area contributed by atoms with Crippen molar-refractivity contribution in [2.45, 2.75) is 19.3 Å². The summed E-state index contributed by atoms with van der Waals surface area (Å²) >= 11 is 0. The third-order valence-electron chi connectivity index (χ3n) is 5.43. The number of hydrogen-bond acceptors (Lipinski definition) is 3. The molecule has 1 aromatic rings. The number of hydrogen-bond donors (Lipinski definition) is 0. The minimum absolute atomic E-state index is 0.0125. The van der Waals surface area contributed by atoms with Crippen LogP contribution in [0.2, 0.25) is 0 Å². The van der Waals surface area contributed by atoms with Gasteiger partial charge < -0.3 is 14.7 Å². The molecule has 2 aliphatic heterocycles. The van der Waals surface area contributed by atoms with E-state index in [4.69, 9.17) is 0 Å². The number of carbonyl (C=O) groups is 2. The second-order valence-electron chi connectivity index (χ2n) is 7.67. The van der Waals surface area contributed by atoms with Crippen LogP contribution in [0.3, 0.4) is 0 Å². The Balaban J connectivity index is 1.57. The molecule has 1 aromatic carbocycles. The van der Waals surface area contributed by atoms with Gasteiger partial charge in [-0.25, -0.2) is 4.39 Å². The van der Waals surface area contributed by atoms with Gasteiger partial charge in [0.15, 0.2) is 0 Å². The lowest BCUT2D eigenvalue weighted by Gasteiger charge is -2.45. The van der Waals surface area contributed by atoms with Crippen LogP contribution in [0.25, 0.3) is 0 Å². The average Bonchev–Trinajstić information content (AvgIpc) is 2.54. The molecule has 2 aliphatic rings. The maximum Gasteiger partial charge on any atom is 0.232 e. The van der Waals surface area contributed by atoms with Gasteiger partial charge in [-0.05, 0) is 38.6 Å². The van der Waals surface area contributed by atoms with Crippen molar-refractivity contribution in [2.24, 2.45) is 5.92 Å². The Hall–Kier alpha value is -1.95. The molecule has 2 heterocycles. The molecular weight excluding hydrogens is 321 g/mol. The van der Waals surface area contributed by atoms with E-state index in [-0.39, 0.29) is 23.5 Å². The van der Waals surface area contributed by atoms with E-state index in [2.05, 4.69) is 11.9 Å². The fourth-order valence-electron chi connectivity index (χ4n) is 3.47. The zero-order valence-corrected chi connectivity index (χ0v) is 15.2. The molecule has 136 valence electrons.